The molecule has 0 saturated heterocycles. The molecular formula is C28H21BrN2O6. The molecule has 186 valence electrons. The van der Waals surface area contributed by atoms with Crippen molar-refractivity contribution in [2.75, 3.05) is 7.11 Å². The number of hydrogen-bond acceptors (Lipinski definition) is 7. The van der Waals surface area contributed by atoms with Crippen LogP contribution in [-0.2, 0) is 16.1 Å². The predicted molar refractivity (Wildman–Crippen MR) is 140 cm³/mol. The lowest BCUT2D eigenvalue weighted by Gasteiger charge is -2.29. The Morgan fingerprint density at radius 2 is 1.78 bits per heavy atom. The number of carbonyl (C=O) groups excluding carboxylic acids is 2. The van der Waals surface area contributed by atoms with Gasteiger partial charge >= 0.3 is 5.97 Å². The van der Waals surface area contributed by atoms with Gasteiger partial charge in [0, 0.05) is 40.4 Å². The molecule has 1 aliphatic heterocycles. The number of benzene rings is 3. The summed E-state index contributed by atoms with van der Waals surface area (Å²) in [7, 11) is 1.32. The number of nitrogens with zero attached hydrogens (tertiary/aromatic N) is 1. The normalized spacial score (nSPS) is 16.2. The highest BCUT2D eigenvalue weighted by Crippen LogP contribution is 2.47. The van der Waals surface area contributed by atoms with Crippen LogP contribution in [0.25, 0.3) is 5.70 Å². The van der Waals surface area contributed by atoms with Crippen molar-refractivity contribution in [3.05, 3.63) is 120 Å². The number of halogens is 1. The number of Topliss-reactive ketones (excluding diaryl/α,β-unsaturated/α-hetero) is 1. The fourth-order valence-corrected chi connectivity index (χ4v) is 5.24. The summed E-state index contributed by atoms with van der Waals surface area (Å²) in [6.45, 7) is 2.00. The first-order valence-corrected chi connectivity index (χ1v) is 12.2. The molecule has 0 saturated carbocycles. The number of hydrogen-bond donors (Lipinski definition) is 1. The van der Waals surface area contributed by atoms with Crippen molar-refractivity contribution in [1.29, 1.82) is 0 Å². The largest absolute Gasteiger partial charge is 0.488 e. The first-order chi connectivity index (χ1) is 17.8. The number of methoxy groups -OCH3 is 1. The van der Waals surface area contributed by atoms with Gasteiger partial charge in [-0.3, -0.25) is 14.9 Å². The van der Waals surface area contributed by atoms with Crippen LogP contribution in [0.1, 0.15) is 39.9 Å². The molecule has 1 atom stereocenters. The van der Waals surface area contributed by atoms with Crippen molar-refractivity contribution in [2.45, 2.75) is 19.4 Å². The number of non-ortho nitro benzene ring substituents is 1. The number of dihydropyridines is 1. The van der Waals surface area contributed by atoms with Gasteiger partial charge < -0.3 is 14.8 Å². The van der Waals surface area contributed by atoms with E-state index in [9.17, 15) is 19.7 Å². The van der Waals surface area contributed by atoms with E-state index >= 15 is 0 Å². The molecule has 1 heterocycles. The van der Waals surface area contributed by atoms with Gasteiger partial charge in [-0.05, 0) is 58.2 Å². The van der Waals surface area contributed by atoms with E-state index in [2.05, 4.69) is 21.2 Å². The quantitative estimate of drug-likeness (QED) is 0.235. The van der Waals surface area contributed by atoms with Crippen molar-refractivity contribution in [3.63, 3.8) is 0 Å². The fraction of sp³-hybridized carbons (Fsp3) is 0.143. The van der Waals surface area contributed by atoms with Crippen LogP contribution in [0.2, 0.25) is 0 Å². The predicted octanol–water partition coefficient (Wildman–Crippen LogP) is 5.68. The van der Waals surface area contributed by atoms with Gasteiger partial charge in [0.2, 0.25) is 0 Å². The maximum absolute atomic E-state index is 13.5. The Hall–Kier alpha value is -4.24. The smallest absolute Gasteiger partial charge is 0.336 e. The van der Waals surface area contributed by atoms with E-state index in [0.29, 0.717) is 38.3 Å². The summed E-state index contributed by atoms with van der Waals surface area (Å²) in [6.07, 6.45) is 0. The number of rotatable bonds is 6. The number of nitrogens with one attached hydrogen (secondary N) is 1. The van der Waals surface area contributed by atoms with E-state index in [1.807, 2.05) is 30.3 Å². The second kappa shape index (κ2) is 9.67. The molecule has 8 nitrogen and oxygen atoms in total. The zero-order valence-electron chi connectivity index (χ0n) is 19.9. The summed E-state index contributed by atoms with van der Waals surface area (Å²) in [4.78, 5) is 36.8. The summed E-state index contributed by atoms with van der Waals surface area (Å²) >= 11 is 3.56. The van der Waals surface area contributed by atoms with Crippen molar-refractivity contribution < 1.29 is 24.0 Å². The van der Waals surface area contributed by atoms with Crippen molar-refractivity contribution in [2.24, 2.45) is 0 Å². The zero-order chi connectivity index (χ0) is 26.3. The molecule has 37 heavy (non-hydrogen) atoms. The highest BCUT2D eigenvalue weighted by Gasteiger charge is 2.42. The van der Waals surface area contributed by atoms with Crippen molar-refractivity contribution in [3.8, 4) is 5.75 Å². The van der Waals surface area contributed by atoms with E-state index in [1.54, 1.807) is 31.2 Å². The lowest BCUT2D eigenvalue weighted by Crippen LogP contribution is -2.29. The van der Waals surface area contributed by atoms with Gasteiger partial charge in [0.25, 0.3) is 5.69 Å². The average molecular weight is 561 g/mol. The summed E-state index contributed by atoms with van der Waals surface area (Å²) in [5.74, 6) is -0.734. The highest BCUT2D eigenvalue weighted by atomic mass is 79.9. The number of fused-ring (bicyclic) bond motifs is 2. The molecule has 1 unspecified atom stereocenters. The minimum atomic E-state index is -0.636. The monoisotopic (exact) mass is 560 g/mol. The van der Waals surface area contributed by atoms with E-state index in [0.717, 1.165) is 16.7 Å². The minimum absolute atomic E-state index is 0.0123. The number of allylic oxidation sites excluding steroid dienone is 2. The number of nitro groups is 1. The van der Waals surface area contributed by atoms with E-state index in [4.69, 9.17) is 9.47 Å². The molecule has 0 radical (unpaired) electrons. The Labute approximate surface area is 220 Å². The van der Waals surface area contributed by atoms with Gasteiger partial charge in [0.1, 0.15) is 12.4 Å². The molecule has 0 aromatic heterocycles. The topological polar surface area (TPSA) is 108 Å². The van der Waals surface area contributed by atoms with Crippen LogP contribution in [0.4, 0.5) is 5.69 Å². The van der Waals surface area contributed by atoms with Gasteiger partial charge in [-0.15, -0.1) is 0 Å². The number of carbonyl (C=O) groups is 2. The lowest BCUT2D eigenvalue weighted by molar-refractivity contribution is -0.384. The van der Waals surface area contributed by atoms with Gasteiger partial charge in [0.15, 0.2) is 5.78 Å². The first kappa shape index (κ1) is 24.5. The lowest BCUT2D eigenvalue weighted by atomic mass is 9.80. The molecule has 9 heteroatoms. The molecule has 0 spiro atoms. The van der Waals surface area contributed by atoms with Gasteiger partial charge in [-0.2, -0.15) is 0 Å². The number of ketones is 1. The summed E-state index contributed by atoms with van der Waals surface area (Å²) in [5, 5.41) is 14.1. The van der Waals surface area contributed by atoms with Crippen LogP contribution in [-0.4, -0.2) is 23.8 Å². The maximum atomic E-state index is 13.5. The molecule has 1 aliphatic carbocycles. The molecule has 0 fully saturated rings. The molecular weight excluding hydrogens is 540 g/mol. The summed E-state index contributed by atoms with van der Waals surface area (Å²) in [6, 6.07) is 18.9. The number of nitro benzene ring substituents is 1. The van der Waals surface area contributed by atoms with Crippen LogP contribution in [0.3, 0.4) is 0 Å². The average Bonchev–Trinajstić information content (AvgIpc) is 3.18. The molecule has 3 aromatic rings. The third kappa shape index (κ3) is 4.31. The standard InChI is InChI=1S/C28H21BrN2O6/c1-15-23(28(33)36-2)24(25-26(30-15)19-5-3-4-6-20(19)27(25)32)17-9-12-22(21(29)13-17)37-14-16-7-10-18(11-8-16)31(34)35/h3-13,24,30H,14H2,1-2H3. The second-order valence-corrected chi connectivity index (χ2v) is 9.51. The van der Waals surface area contributed by atoms with Crippen LogP contribution in [0.15, 0.2) is 88.0 Å². The Bertz CT molecular complexity index is 1520. The van der Waals surface area contributed by atoms with Crippen molar-refractivity contribution >= 4 is 39.1 Å². The highest BCUT2D eigenvalue weighted by molar-refractivity contribution is 9.10. The van der Waals surface area contributed by atoms with E-state index < -0.39 is 16.8 Å². The third-order valence-electron chi connectivity index (χ3n) is 6.48. The summed E-state index contributed by atoms with van der Waals surface area (Å²) < 4.78 is 11.7. The van der Waals surface area contributed by atoms with Gasteiger partial charge in [0.05, 0.1) is 27.8 Å². The molecule has 5 rings (SSSR count). The second-order valence-electron chi connectivity index (χ2n) is 8.65. The Balaban J connectivity index is 1.49. The van der Waals surface area contributed by atoms with E-state index in [1.165, 1.54) is 19.2 Å². The Morgan fingerprint density at radius 1 is 1.08 bits per heavy atom. The van der Waals surface area contributed by atoms with Gasteiger partial charge in [-0.1, -0.05) is 30.3 Å². The summed E-state index contributed by atoms with van der Waals surface area (Å²) in [5.41, 5.74) is 5.09. The number of esters is 1. The van der Waals surface area contributed by atoms with E-state index in [-0.39, 0.29) is 18.1 Å². The molecule has 3 aromatic carbocycles. The molecule has 2 aliphatic rings. The van der Waals surface area contributed by atoms with Crippen LogP contribution < -0.4 is 10.1 Å². The third-order valence-corrected chi connectivity index (χ3v) is 7.10. The Kier molecular flexibility index (Phi) is 6.39. The zero-order valence-corrected chi connectivity index (χ0v) is 21.5. The SMILES string of the molecule is COC(=O)C1=C(C)NC2=C(C(=O)c3ccccc32)C1c1ccc(OCc2ccc([N+](=O)[O-])cc2)c(Br)c1. The Morgan fingerprint density at radius 3 is 2.43 bits per heavy atom. The molecule has 0 amide bonds. The van der Waals surface area contributed by atoms with Crippen molar-refractivity contribution in [1.82, 2.24) is 5.32 Å². The first-order valence-electron chi connectivity index (χ1n) is 11.4. The van der Waals surface area contributed by atoms with Crippen LogP contribution in [0.5, 0.6) is 5.75 Å². The maximum Gasteiger partial charge on any atom is 0.336 e. The molecule has 0 bridgehead atoms. The number of ether oxygens (including phenoxy) is 2. The fourth-order valence-electron chi connectivity index (χ4n) is 4.73. The minimum Gasteiger partial charge on any atom is -0.488 e. The van der Waals surface area contributed by atoms with Gasteiger partial charge in [-0.25, -0.2) is 4.79 Å². The van der Waals surface area contributed by atoms with Crippen LogP contribution >= 0.6 is 15.9 Å². The molecule has 1 N–H and O–H groups in total. The van der Waals surface area contributed by atoms with Crippen LogP contribution in [0, 0.1) is 10.1 Å².